The van der Waals surface area contributed by atoms with E-state index in [0.717, 1.165) is 16.5 Å². The summed E-state index contributed by atoms with van der Waals surface area (Å²) in [6.45, 7) is 2.11. The lowest BCUT2D eigenvalue weighted by molar-refractivity contribution is -0.123. The minimum Gasteiger partial charge on any atom is -0.484 e. The fourth-order valence-electron chi connectivity index (χ4n) is 2.59. The van der Waals surface area contributed by atoms with Gasteiger partial charge in [0.05, 0.1) is 0 Å². The van der Waals surface area contributed by atoms with Crippen LogP contribution >= 0.6 is 0 Å². The molecule has 1 heterocycles. The molecule has 5 nitrogen and oxygen atoms in total. The molecular formula is C20H18FNO4. The Labute approximate surface area is 149 Å². The molecule has 3 rings (SSSR count). The number of ether oxygens (including phenoxy) is 1. The average molecular weight is 355 g/mol. The lowest BCUT2D eigenvalue weighted by Crippen LogP contribution is -2.30. The fourth-order valence-corrected chi connectivity index (χ4v) is 2.59. The van der Waals surface area contributed by atoms with E-state index in [-0.39, 0.29) is 18.3 Å². The van der Waals surface area contributed by atoms with Gasteiger partial charge in [0, 0.05) is 24.1 Å². The third-order valence-electron chi connectivity index (χ3n) is 3.94. The second kappa shape index (κ2) is 7.82. The van der Waals surface area contributed by atoms with Gasteiger partial charge in [-0.05, 0) is 48.7 Å². The molecule has 0 radical (unpaired) electrons. The number of carbonyl (C=O) groups is 1. The molecule has 2 aromatic carbocycles. The quantitative estimate of drug-likeness (QED) is 0.690. The lowest BCUT2D eigenvalue weighted by Gasteiger charge is -2.08. The summed E-state index contributed by atoms with van der Waals surface area (Å²) in [5, 5.41) is 3.56. The first-order valence-corrected chi connectivity index (χ1v) is 8.20. The van der Waals surface area contributed by atoms with E-state index in [1.54, 1.807) is 30.3 Å². The molecule has 0 unspecified atom stereocenters. The largest absolute Gasteiger partial charge is 0.484 e. The number of carbonyl (C=O) groups excluding carboxylic acids is 1. The third-order valence-corrected chi connectivity index (χ3v) is 3.94. The Balaban J connectivity index is 1.51. The molecule has 0 atom stereocenters. The molecular weight excluding hydrogens is 337 g/mol. The molecule has 3 aromatic rings. The molecule has 0 spiro atoms. The van der Waals surface area contributed by atoms with Gasteiger partial charge in [-0.3, -0.25) is 4.79 Å². The smallest absolute Gasteiger partial charge is 0.336 e. The van der Waals surface area contributed by atoms with Gasteiger partial charge in [-0.2, -0.15) is 0 Å². The number of fused-ring (bicyclic) bond motifs is 1. The molecule has 134 valence electrons. The fraction of sp³-hybridized carbons (Fsp3) is 0.200. The molecule has 6 heteroatoms. The third kappa shape index (κ3) is 4.47. The number of hydrogen-bond acceptors (Lipinski definition) is 4. The summed E-state index contributed by atoms with van der Waals surface area (Å²) < 4.78 is 23.4. The summed E-state index contributed by atoms with van der Waals surface area (Å²) in [7, 11) is 0. The standard InChI is InChI=1S/C20H18FNO4/c1-13-10-20(24)26-18-11-16(6-7-17(13)18)25-12-19(23)22-9-8-14-2-4-15(21)5-3-14/h2-7,10-11H,8-9,12H2,1H3,(H,22,23). The van der Waals surface area contributed by atoms with Crippen LogP contribution in [0.5, 0.6) is 5.75 Å². The predicted molar refractivity (Wildman–Crippen MR) is 95.8 cm³/mol. The van der Waals surface area contributed by atoms with E-state index in [1.165, 1.54) is 18.2 Å². The number of aryl methyl sites for hydroxylation is 1. The van der Waals surface area contributed by atoms with Crippen molar-refractivity contribution < 1.29 is 18.3 Å². The van der Waals surface area contributed by atoms with E-state index in [0.29, 0.717) is 24.3 Å². The van der Waals surface area contributed by atoms with Gasteiger partial charge in [-0.25, -0.2) is 9.18 Å². The van der Waals surface area contributed by atoms with E-state index >= 15 is 0 Å². The number of amides is 1. The number of nitrogens with one attached hydrogen (secondary N) is 1. The molecule has 1 amide bonds. The van der Waals surface area contributed by atoms with Crippen molar-refractivity contribution in [3.8, 4) is 5.75 Å². The Morgan fingerprint density at radius 2 is 1.92 bits per heavy atom. The van der Waals surface area contributed by atoms with Crippen LogP contribution in [0.2, 0.25) is 0 Å². The van der Waals surface area contributed by atoms with E-state index in [1.807, 2.05) is 6.92 Å². The Hall–Kier alpha value is -3.15. The summed E-state index contributed by atoms with van der Waals surface area (Å²) >= 11 is 0. The molecule has 26 heavy (non-hydrogen) atoms. The van der Waals surface area contributed by atoms with Crippen LogP contribution in [-0.2, 0) is 11.2 Å². The predicted octanol–water partition coefficient (Wildman–Crippen LogP) is 2.98. The zero-order valence-corrected chi connectivity index (χ0v) is 14.3. The van der Waals surface area contributed by atoms with Crippen LogP contribution in [0.4, 0.5) is 4.39 Å². The minimum absolute atomic E-state index is 0.148. The normalized spacial score (nSPS) is 10.7. The maximum absolute atomic E-state index is 12.8. The summed E-state index contributed by atoms with van der Waals surface area (Å²) in [4.78, 5) is 23.3. The molecule has 0 saturated heterocycles. The number of benzene rings is 2. The Kier molecular flexibility index (Phi) is 5.31. The van der Waals surface area contributed by atoms with E-state index in [9.17, 15) is 14.0 Å². The minimum atomic E-state index is -0.425. The highest BCUT2D eigenvalue weighted by Crippen LogP contribution is 2.22. The van der Waals surface area contributed by atoms with Crippen molar-refractivity contribution in [3.05, 3.63) is 75.9 Å². The van der Waals surface area contributed by atoms with Gasteiger partial charge in [-0.15, -0.1) is 0 Å². The van der Waals surface area contributed by atoms with Crippen molar-refractivity contribution in [1.29, 1.82) is 0 Å². The van der Waals surface area contributed by atoms with E-state index in [2.05, 4.69) is 5.32 Å². The number of halogens is 1. The molecule has 0 fully saturated rings. The maximum atomic E-state index is 12.8. The van der Waals surface area contributed by atoms with Crippen LogP contribution in [0.1, 0.15) is 11.1 Å². The first-order chi connectivity index (χ1) is 12.5. The van der Waals surface area contributed by atoms with Crippen LogP contribution in [-0.4, -0.2) is 19.1 Å². The topological polar surface area (TPSA) is 68.5 Å². The van der Waals surface area contributed by atoms with Gasteiger partial charge < -0.3 is 14.5 Å². The first-order valence-electron chi connectivity index (χ1n) is 8.20. The van der Waals surface area contributed by atoms with Crippen molar-refractivity contribution in [3.63, 3.8) is 0 Å². The summed E-state index contributed by atoms with van der Waals surface area (Å²) in [6.07, 6.45) is 0.604. The van der Waals surface area contributed by atoms with Gasteiger partial charge in [0.15, 0.2) is 6.61 Å². The monoisotopic (exact) mass is 355 g/mol. The molecule has 0 aliphatic carbocycles. The van der Waals surface area contributed by atoms with Gasteiger partial charge in [0.1, 0.15) is 17.1 Å². The van der Waals surface area contributed by atoms with Crippen LogP contribution in [0, 0.1) is 12.7 Å². The van der Waals surface area contributed by atoms with Crippen molar-refractivity contribution in [2.75, 3.05) is 13.2 Å². The summed E-state index contributed by atoms with van der Waals surface area (Å²) in [5.41, 5.74) is 1.75. The lowest BCUT2D eigenvalue weighted by atomic mass is 10.1. The van der Waals surface area contributed by atoms with Crippen molar-refractivity contribution >= 4 is 16.9 Å². The Morgan fingerprint density at radius 1 is 1.15 bits per heavy atom. The average Bonchev–Trinajstić information content (AvgIpc) is 2.61. The number of hydrogen-bond donors (Lipinski definition) is 1. The Morgan fingerprint density at radius 3 is 2.69 bits per heavy atom. The van der Waals surface area contributed by atoms with Crippen LogP contribution in [0.3, 0.4) is 0 Å². The molecule has 1 N–H and O–H groups in total. The molecule has 1 aromatic heterocycles. The van der Waals surface area contributed by atoms with Gasteiger partial charge in [-0.1, -0.05) is 12.1 Å². The first kappa shape index (κ1) is 17.7. The molecule has 0 bridgehead atoms. The van der Waals surface area contributed by atoms with Gasteiger partial charge in [0.25, 0.3) is 5.91 Å². The maximum Gasteiger partial charge on any atom is 0.336 e. The second-order valence-electron chi connectivity index (χ2n) is 5.92. The van der Waals surface area contributed by atoms with Crippen LogP contribution in [0.15, 0.2) is 57.7 Å². The van der Waals surface area contributed by atoms with E-state index < -0.39 is 5.63 Å². The van der Waals surface area contributed by atoms with E-state index in [4.69, 9.17) is 9.15 Å². The zero-order valence-electron chi connectivity index (χ0n) is 14.3. The highest BCUT2D eigenvalue weighted by atomic mass is 19.1. The van der Waals surface area contributed by atoms with Crippen LogP contribution in [0.25, 0.3) is 11.0 Å². The Bertz CT molecular complexity index is 979. The van der Waals surface area contributed by atoms with Crippen LogP contribution < -0.4 is 15.7 Å². The van der Waals surface area contributed by atoms with Crippen molar-refractivity contribution in [2.45, 2.75) is 13.3 Å². The summed E-state index contributed by atoms with van der Waals surface area (Å²) in [6, 6.07) is 12.7. The second-order valence-corrected chi connectivity index (χ2v) is 5.92. The molecule has 0 saturated carbocycles. The number of rotatable bonds is 6. The SMILES string of the molecule is Cc1cc(=O)oc2cc(OCC(=O)NCCc3ccc(F)cc3)ccc12. The van der Waals surface area contributed by atoms with Crippen molar-refractivity contribution in [1.82, 2.24) is 5.32 Å². The molecule has 0 aliphatic rings. The van der Waals surface area contributed by atoms with Gasteiger partial charge in [0.2, 0.25) is 0 Å². The highest BCUT2D eigenvalue weighted by molar-refractivity contribution is 5.81. The van der Waals surface area contributed by atoms with Crippen molar-refractivity contribution in [2.24, 2.45) is 0 Å². The molecule has 0 aliphatic heterocycles. The zero-order chi connectivity index (χ0) is 18.5. The highest BCUT2D eigenvalue weighted by Gasteiger charge is 2.06. The van der Waals surface area contributed by atoms with Gasteiger partial charge >= 0.3 is 5.63 Å². The summed E-state index contributed by atoms with van der Waals surface area (Å²) in [5.74, 6) is -0.106.